The second-order valence-corrected chi connectivity index (χ2v) is 10.8. The van der Waals surface area contributed by atoms with Gasteiger partial charge in [-0.25, -0.2) is 8.42 Å². The van der Waals surface area contributed by atoms with Crippen LogP contribution in [-0.2, 0) is 14.8 Å². The lowest BCUT2D eigenvalue weighted by Gasteiger charge is -2.39. The number of rotatable bonds is 6. The lowest BCUT2D eigenvalue weighted by molar-refractivity contribution is -0.123. The summed E-state index contributed by atoms with van der Waals surface area (Å²) in [7, 11) is -3.68. The molecule has 1 aliphatic rings. The topological polar surface area (TPSA) is 75.7 Å². The Bertz CT molecular complexity index is 1080. The fourth-order valence-corrected chi connectivity index (χ4v) is 5.33. The first-order valence-electron chi connectivity index (χ1n) is 10.6. The van der Waals surface area contributed by atoms with E-state index in [1.807, 2.05) is 71.0 Å². The Morgan fingerprint density at radius 1 is 1.19 bits per heavy atom. The first kappa shape index (κ1) is 23.1. The van der Waals surface area contributed by atoms with Gasteiger partial charge >= 0.3 is 0 Å². The Balaban J connectivity index is 1.95. The van der Waals surface area contributed by atoms with E-state index in [-0.39, 0.29) is 11.9 Å². The minimum atomic E-state index is -3.68. The minimum absolute atomic E-state index is 0.261. The van der Waals surface area contributed by atoms with Gasteiger partial charge in [0.25, 0.3) is 0 Å². The molecule has 2 atom stereocenters. The van der Waals surface area contributed by atoms with Crippen LogP contribution in [0.15, 0.2) is 42.5 Å². The maximum absolute atomic E-state index is 13.4. The number of fused-ring (bicyclic) bond motifs is 1. The van der Waals surface area contributed by atoms with Crippen LogP contribution in [0, 0.1) is 13.8 Å². The highest BCUT2D eigenvalue weighted by Gasteiger charge is 2.37. The van der Waals surface area contributed by atoms with Crippen LogP contribution >= 0.6 is 0 Å². The molecule has 1 amide bonds. The summed E-state index contributed by atoms with van der Waals surface area (Å²) < 4.78 is 32.8. The zero-order valence-corrected chi connectivity index (χ0v) is 19.9. The van der Waals surface area contributed by atoms with Crippen molar-refractivity contribution in [2.24, 2.45) is 0 Å². The van der Waals surface area contributed by atoms with Crippen LogP contribution in [-0.4, -0.2) is 32.2 Å². The third-order valence-electron chi connectivity index (χ3n) is 5.77. The highest BCUT2D eigenvalue weighted by molar-refractivity contribution is 7.92. The van der Waals surface area contributed by atoms with E-state index in [0.29, 0.717) is 18.5 Å². The van der Waals surface area contributed by atoms with Crippen LogP contribution in [0.1, 0.15) is 56.3 Å². The van der Waals surface area contributed by atoms with Gasteiger partial charge in [0, 0.05) is 12.0 Å². The van der Waals surface area contributed by atoms with Crippen LogP contribution in [0.3, 0.4) is 0 Å². The van der Waals surface area contributed by atoms with E-state index >= 15 is 0 Å². The van der Waals surface area contributed by atoms with Gasteiger partial charge in [-0.1, -0.05) is 31.2 Å². The smallest absolute Gasteiger partial charge is 0.244 e. The summed E-state index contributed by atoms with van der Waals surface area (Å²) in [5.41, 5.74) is 3.00. The number of aryl methyl sites for hydroxylation is 2. The van der Waals surface area contributed by atoms with E-state index in [0.717, 1.165) is 28.7 Å². The van der Waals surface area contributed by atoms with E-state index in [1.165, 1.54) is 4.31 Å². The molecule has 0 spiro atoms. The van der Waals surface area contributed by atoms with E-state index in [9.17, 15) is 13.2 Å². The van der Waals surface area contributed by atoms with Gasteiger partial charge in [-0.2, -0.15) is 0 Å². The molecule has 0 radical (unpaired) electrons. The van der Waals surface area contributed by atoms with Gasteiger partial charge in [0.1, 0.15) is 17.4 Å². The van der Waals surface area contributed by atoms with E-state index in [1.54, 1.807) is 6.07 Å². The van der Waals surface area contributed by atoms with Gasteiger partial charge in [0.05, 0.1) is 18.0 Å². The lowest BCUT2D eigenvalue weighted by Crippen LogP contribution is -2.51. The molecule has 1 N–H and O–H groups in total. The highest BCUT2D eigenvalue weighted by Crippen LogP contribution is 2.39. The number of carbonyl (C=O) groups excluding carboxylic acids is 1. The Labute approximate surface area is 185 Å². The molecular formula is C24H32N2O4S. The normalized spacial score (nSPS) is 18.5. The van der Waals surface area contributed by atoms with Crippen LogP contribution in [0.25, 0.3) is 0 Å². The van der Waals surface area contributed by atoms with Crippen LogP contribution < -0.4 is 14.4 Å². The molecule has 2 aromatic rings. The molecule has 0 unspecified atom stereocenters. The minimum Gasteiger partial charge on any atom is -0.487 e. The number of nitrogens with one attached hydrogen (secondary N) is 1. The quantitative estimate of drug-likeness (QED) is 0.722. The molecule has 2 aromatic carbocycles. The Morgan fingerprint density at radius 2 is 1.87 bits per heavy atom. The van der Waals surface area contributed by atoms with Crippen LogP contribution in [0.2, 0.25) is 0 Å². The molecule has 31 heavy (non-hydrogen) atoms. The maximum Gasteiger partial charge on any atom is 0.244 e. The fraction of sp³-hybridized carbons (Fsp3) is 0.458. The number of carbonyl (C=O) groups is 1. The van der Waals surface area contributed by atoms with Gasteiger partial charge in [-0.05, 0) is 63.4 Å². The molecule has 6 nitrogen and oxygen atoms in total. The molecule has 1 aliphatic heterocycles. The summed E-state index contributed by atoms with van der Waals surface area (Å²) in [6.45, 7) is 9.69. The first-order valence-corrected chi connectivity index (χ1v) is 12.4. The second-order valence-electron chi connectivity index (χ2n) is 8.92. The summed E-state index contributed by atoms with van der Waals surface area (Å²) in [6, 6.07) is 12.0. The molecule has 0 fully saturated rings. The Hall–Kier alpha value is -2.54. The number of amides is 1. The maximum atomic E-state index is 13.4. The third kappa shape index (κ3) is 5.03. The fourth-order valence-electron chi connectivity index (χ4n) is 4.12. The van der Waals surface area contributed by atoms with Gasteiger partial charge < -0.3 is 10.1 Å². The van der Waals surface area contributed by atoms with E-state index in [4.69, 9.17) is 4.74 Å². The highest BCUT2D eigenvalue weighted by atomic mass is 32.2. The molecule has 7 heteroatoms. The zero-order valence-electron chi connectivity index (χ0n) is 19.1. The molecule has 3 rings (SSSR count). The third-order valence-corrected chi connectivity index (χ3v) is 6.95. The monoisotopic (exact) mass is 444 g/mol. The van der Waals surface area contributed by atoms with Crippen molar-refractivity contribution in [1.29, 1.82) is 0 Å². The summed E-state index contributed by atoms with van der Waals surface area (Å²) in [6.07, 6.45) is 2.08. The van der Waals surface area contributed by atoms with Gasteiger partial charge in [0.15, 0.2) is 0 Å². The Kier molecular flexibility index (Phi) is 6.37. The second kappa shape index (κ2) is 8.54. The van der Waals surface area contributed by atoms with Crippen molar-refractivity contribution >= 4 is 21.6 Å². The van der Waals surface area contributed by atoms with Gasteiger partial charge in [-0.15, -0.1) is 0 Å². The number of hydrogen-bond acceptors (Lipinski definition) is 4. The van der Waals surface area contributed by atoms with Crippen molar-refractivity contribution in [3.8, 4) is 5.75 Å². The van der Waals surface area contributed by atoms with E-state index in [2.05, 4.69) is 5.32 Å². The number of nitrogens with zero attached hydrogens (tertiary/aromatic N) is 1. The molecule has 0 aliphatic carbocycles. The molecular weight excluding hydrogens is 412 g/mol. The van der Waals surface area contributed by atoms with Crippen molar-refractivity contribution in [2.45, 2.75) is 65.1 Å². The van der Waals surface area contributed by atoms with E-state index < -0.39 is 21.7 Å². The molecule has 0 aromatic heterocycles. The van der Waals surface area contributed by atoms with Crippen LogP contribution in [0.5, 0.6) is 5.75 Å². The number of para-hydroxylation sites is 1. The molecule has 168 valence electrons. The number of ether oxygens (including phenoxy) is 1. The largest absolute Gasteiger partial charge is 0.487 e. The van der Waals surface area contributed by atoms with Crippen molar-refractivity contribution in [1.82, 2.24) is 5.32 Å². The van der Waals surface area contributed by atoms with Gasteiger partial charge in [-0.3, -0.25) is 9.10 Å². The zero-order chi connectivity index (χ0) is 23.0. The average Bonchev–Trinajstić information content (AvgIpc) is 2.66. The van der Waals surface area contributed by atoms with Crippen molar-refractivity contribution in [3.63, 3.8) is 0 Å². The van der Waals surface area contributed by atoms with Crippen LogP contribution in [0.4, 0.5) is 5.69 Å². The first-order chi connectivity index (χ1) is 14.4. The summed E-state index contributed by atoms with van der Waals surface area (Å²) in [5.74, 6) is 0.426. The van der Waals surface area contributed by atoms with Gasteiger partial charge in [0.2, 0.25) is 15.9 Å². The molecule has 0 bridgehead atoms. The standard InChI is InChI=1S/C24H32N2O4S/c1-7-21(26(31(6,28)29)18-13-12-16(2)17(3)14-18)23(27)25-20-15-24(4,5)30-22-11-9-8-10-19(20)22/h8-14,20-21H,7,15H2,1-6H3,(H,25,27)/t20-,21-/m0/s1. The summed E-state index contributed by atoms with van der Waals surface area (Å²) >= 11 is 0. The van der Waals surface area contributed by atoms with Crippen molar-refractivity contribution in [2.75, 3.05) is 10.6 Å². The number of sulfonamides is 1. The molecule has 0 saturated carbocycles. The summed E-state index contributed by atoms with van der Waals surface area (Å²) in [4.78, 5) is 13.4. The molecule has 0 saturated heterocycles. The van der Waals surface area contributed by atoms with Crippen molar-refractivity contribution in [3.05, 3.63) is 59.2 Å². The SMILES string of the molecule is CC[C@@H](C(=O)N[C@H]1CC(C)(C)Oc2ccccc21)N(c1ccc(C)c(C)c1)S(C)(=O)=O. The number of anilines is 1. The number of hydrogen-bond donors (Lipinski definition) is 1. The van der Waals surface area contributed by atoms with Crippen molar-refractivity contribution < 1.29 is 17.9 Å². The Morgan fingerprint density at radius 3 is 2.48 bits per heavy atom. The lowest BCUT2D eigenvalue weighted by atomic mass is 9.89. The summed E-state index contributed by atoms with van der Waals surface area (Å²) in [5, 5.41) is 3.10. The number of benzene rings is 2. The predicted molar refractivity (Wildman–Crippen MR) is 124 cm³/mol. The average molecular weight is 445 g/mol. The molecule has 1 heterocycles. The predicted octanol–water partition coefficient (Wildman–Crippen LogP) is 4.27.